The quantitative estimate of drug-likeness (QED) is 0.380. The smallest absolute Gasteiger partial charge is 0.270 e. The van der Waals surface area contributed by atoms with Crippen molar-refractivity contribution in [2.75, 3.05) is 18.2 Å². The number of rotatable bonds is 4. The number of carbonyl (C=O) groups excluding carboxylic acids is 2. The van der Waals surface area contributed by atoms with Crippen molar-refractivity contribution in [3.05, 3.63) is 58.1 Å². The number of hydrogen-bond donors (Lipinski definition) is 0. The number of carbonyl (C=O) groups is 2. The van der Waals surface area contributed by atoms with E-state index in [9.17, 15) is 9.59 Å². The van der Waals surface area contributed by atoms with Crippen LogP contribution in [0, 0.1) is 0 Å². The lowest BCUT2D eigenvalue weighted by Gasteiger charge is -2.36. The van der Waals surface area contributed by atoms with E-state index in [1.54, 1.807) is 30.3 Å². The Morgan fingerprint density at radius 1 is 1.10 bits per heavy atom. The summed E-state index contributed by atoms with van der Waals surface area (Å²) in [6.45, 7) is 2.52. The van der Waals surface area contributed by atoms with E-state index in [1.807, 2.05) is 25.1 Å². The van der Waals surface area contributed by atoms with Gasteiger partial charge in [0.05, 0.1) is 5.69 Å². The van der Waals surface area contributed by atoms with Gasteiger partial charge in [-0.3, -0.25) is 19.4 Å². The molecule has 0 saturated carbocycles. The zero-order chi connectivity index (χ0) is 20.5. The van der Waals surface area contributed by atoms with E-state index >= 15 is 0 Å². The molecule has 0 spiro atoms. The number of nitrogens with zero attached hydrogens (tertiary/aromatic N) is 2. The standard InChI is InChI=1S/C21H17BrN2O4S/c1-2-8-23-19(25)15(9-13-10-17-18(11-16(13)22)28-12-27-17)20(26)24(21(23)29)14-6-4-3-5-7-14/h3-7,9-11H,2,8,12H2,1H3/b15-9+. The van der Waals surface area contributed by atoms with Crippen LogP contribution in [0.4, 0.5) is 5.69 Å². The highest BCUT2D eigenvalue weighted by atomic mass is 79.9. The van der Waals surface area contributed by atoms with Crippen LogP contribution in [0.1, 0.15) is 18.9 Å². The van der Waals surface area contributed by atoms with Crippen LogP contribution in [0.2, 0.25) is 0 Å². The van der Waals surface area contributed by atoms with Gasteiger partial charge in [-0.1, -0.05) is 41.1 Å². The highest BCUT2D eigenvalue weighted by Crippen LogP contribution is 2.38. The first-order valence-corrected chi connectivity index (χ1v) is 10.3. The Hall–Kier alpha value is -2.71. The summed E-state index contributed by atoms with van der Waals surface area (Å²) in [5, 5.41) is 0.190. The normalized spacial score (nSPS) is 17.4. The van der Waals surface area contributed by atoms with Crippen molar-refractivity contribution in [3.8, 4) is 11.5 Å². The van der Waals surface area contributed by atoms with Gasteiger partial charge in [-0.25, -0.2) is 0 Å². The Kier molecular flexibility index (Phi) is 5.38. The second-order valence-corrected chi connectivity index (χ2v) is 7.72. The van der Waals surface area contributed by atoms with Gasteiger partial charge < -0.3 is 9.47 Å². The second kappa shape index (κ2) is 7.96. The number of thiocarbonyl (C=S) groups is 1. The van der Waals surface area contributed by atoms with Gasteiger partial charge in [0.2, 0.25) is 6.79 Å². The fourth-order valence-electron chi connectivity index (χ4n) is 3.20. The minimum Gasteiger partial charge on any atom is -0.454 e. The molecule has 0 radical (unpaired) electrons. The van der Waals surface area contributed by atoms with E-state index in [1.165, 1.54) is 9.80 Å². The predicted molar refractivity (Wildman–Crippen MR) is 117 cm³/mol. The summed E-state index contributed by atoms with van der Waals surface area (Å²) in [5.74, 6) is 0.318. The number of fused-ring (bicyclic) bond motifs is 1. The molecule has 2 aliphatic heterocycles. The molecule has 0 aromatic heterocycles. The van der Waals surface area contributed by atoms with E-state index in [0.29, 0.717) is 40.2 Å². The lowest BCUT2D eigenvalue weighted by Crippen LogP contribution is -2.56. The molecule has 2 amide bonds. The number of para-hydroxylation sites is 1. The molecular formula is C21H17BrN2O4S. The van der Waals surface area contributed by atoms with Gasteiger partial charge in [-0.15, -0.1) is 0 Å². The van der Waals surface area contributed by atoms with Gasteiger partial charge in [-0.05, 0) is 54.5 Å². The first kappa shape index (κ1) is 19.6. The number of hydrogen-bond acceptors (Lipinski definition) is 5. The third-order valence-corrected chi connectivity index (χ3v) is 5.67. The van der Waals surface area contributed by atoms with E-state index in [0.717, 1.165) is 0 Å². The molecule has 148 valence electrons. The second-order valence-electron chi connectivity index (χ2n) is 6.50. The number of anilines is 1. The molecule has 1 fully saturated rings. The molecule has 2 aliphatic rings. The molecule has 1 saturated heterocycles. The van der Waals surface area contributed by atoms with Crippen LogP contribution in [-0.4, -0.2) is 35.2 Å². The van der Waals surface area contributed by atoms with Crippen molar-refractivity contribution in [2.45, 2.75) is 13.3 Å². The first-order valence-electron chi connectivity index (χ1n) is 9.07. The zero-order valence-corrected chi connectivity index (χ0v) is 18.0. The van der Waals surface area contributed by atoms with Crippen molar-refractivity contribution in [3.63, 3.8) is 0 Å². The molecule has 8 heteroatoms. The zero-order valence-electron chi connectivity index (χ0n) is 15.6. The lowest BCUT2D eigenvalue weighted by atomic mass is 10.0. The maximum atomic E-state index is 13.3. The number of ether oxygens (including phenoxy) is 2. The van der Waals surface area contributed by atoms with Gasteiger partial charge in [-0.2, -0.15) is 0 Å². The highest BCUT2D eigenvalue weighted by molar-refractivity contribution is 9.10. The average Bonchev–Trinajstić information content (AvgIpc) is 3.16. The van der Waals surface area contributed by atoms with Crippen LogP contribution in [0.5, 0.6) is 11.5 Å². The molecule has 0 bridgehead atoms. The largest absolute Gasteiger partial charge is 0.454 e. The van der Waals surface area contributed by atoms with Crippen LogP contribution in [0.25, 0.3) is 6.08 Å². The first-order chi connectivity index (χ1) is 14.0. The summed E-state index contributed by atoms with van der Waals surface area (Å²) < 4.78 is 11.5. The van der Waals surface area contributed by atoms with Crippen molar-refractivity contribution in [1.82, 2.24) is 4.90 Å². The Labute approximate surface area is 181 Å². The minimum absolute atomic E-state index is 0.0375. The summed E-state index contributed by atoms with van der Waals surface area (Å²) >= 11 is 8.97. The number of amides is 2. The molecule has 0 aliphatic carbocycles. The Morgan fingerprint density at radius 2 is 1.79 bits per heavy atom. The van der Waals surface area contributed by atoms with Gasteiger partial charge in [0.1, 0.15) is 5.57 Å². The third-order valence-electron chi connectivity index (χ3n) is 4.58. The molecule has 2 aromatic carbocycles. The van der Waals surface area contributed by atoms with Gasteiger partial charge in [0, 0.05) is 11.0 Å². The molecular weight excluding hydrogens is 456 g/mol. The van der Waals surface area contributed by atoms with Crippen molar-refractivity contribution in [2.24, 2.45) is 0 Å². The molecule has 0 N–H and O–H groups in total. The average molecular weight is 473 g/mol. The lowest BCUT2D eigenvalue weighted by molar-refractivity contribution is -0.127. The summed E-state index contributed by atoms with van der Waals surface area (Å²) in [7, 11) is 0. The van der Waals surface area contributed by atoms with E-state index < -0.39 is 11.8 Å². The topological polar surface area (TPSA) is 59.1 Å². The van der Waals surface area contributed by atoms with Crippen LogP contribution < -0.4 is 14.4 Å². The SMILES string of the molecule is CCCN1C(=O)/C(=C\c2cc3c(cc2Br)OCO3)C(=O)N(c2ccccc2)C1=S. The van der Waals surface area contributed by atoms with Crippen LogP contribution in [-0.2, 0) is 9.59 Å². The van der Waals surface area contributed by atoms with E-state index in [-0.39, 0.29) is 17.5 Å². The Bertz CT molecular complexity index is 1040. The fourth-order valence-corrected chi connectivity index (χ4v) is 4.00. The Morgan fingerprint density at radius 3 is 2.48 bits per heavy atom. The Balaban J connectivity index is 1.81. The molecule has 4 rings (SSSR count). The number of benzene rings is 2. The monoisotopic (exact) mass is 472 g/mol. The summed E-state index contributed by atoms with van der Waals surface area (Å²) in [4.78, 5) is 29.3. The third kappa shape index (κ3) is 3.54. The predicted octanol–water partition coefficient (Wildman–Crippen LogP) is 4.13. The van der Waals surface area contributed by atoms with Crippen LogP contribution in [0.3, 0.4) is 0 Å². The number of halogens is 1. The molecule has 0 atom stereocenters. The van der Waals surface area contributed by atoms with Crippen molar-refractivity contribution < 1.29 is 19.1 Å². The van der Waals surface area contributed by atoms with E-state index in [2.05, 4.69) is 15.9 Å². The van der Waals surface area contributed by atoms with Gasteiger partial charge in [0.15, 0.2) is 16.6 Å². The van der Waals surface area contributed by atoms with Crippen molar-refractivity contribution in [1.29, 1.82) is 0 Å². The molecule has 0 unspecified atom stereocenters. The van der Waals surface area contributed by atoms with Gasteiger partial charge in [0.25, 0.3) is 11.8 Å². The highest BCUT2D eigenvalue weighted by Gasteiger charge is 2.40. The molecule has 6 nitrogen and oxygen atoms in total. The summed E-state index contributed by atoms with van der Waals surface area (Å²) in [6, 6.07) is 12.6. The summed E-state index contributed by atoms with van der Waals surface area (Å²) in [6.07, 6.45) is 2.28. The van der Waals surface area contributed by atoms with Gasteiger partial charge >= 0.3 is 0 Å². The minimum atomic E-state index is -0.455. The molecule has 2 aromatic rings. The van der Waals surface area contributed by atoms with Crippen molar-refractivity contribution >= 4 is 56.8 Å². The van der Waals surface area contributed by atoms with E-state index in [4.69, 9.17) is 21.7 Å². The maximum absolute atomic E-state index is 13.3. The van der Waals surface area contributed by atoms with Crippen LogP contribution >= 0.6 is 28.1 Å². The van der Waals surface area contributed by atoms with Crippen LogP contribution in [0.15, 0.2) is 52.5 Å². The summed E-state index contributed by atoms with van der Waals surface area (Å²) in [5.41, 5.74) is 1.30. The maximum Gasteiger partial charge on any atom is 0.270 e. The molecule has 29 heavy (non-hydrogen) atoms. The fraction of sp³-hybridized carbons (Fsp3) is 0.190. The molecule has 2 heterocycles.